The fraction of sp³-hybridized carbons (Fsp3) is 0.0667. The number of pyridine rings is 3. The number of fused-ring (bicyclic) bond motifs is 1. The first kappa shape index (κ1) is 21.8. The molecule has 6 aromatic rings. The monoisotopic (exact) mass is 471 g/mol. The molecule has 36 heavy (non-hydrogen) atoms. The van der Waals surface area contributed by atoms with Gasteiger partial charge < -0.3 is 0 Å². The molecule has 0 N–H and O–H groups in total. The van der Waals surface area contributed by atoms with Gasteiger partial charge >= 0.3 is 0 Å². The molecule has 0 fully saturated rings. The second kappa shape index (κ2) is 9.50. The Hall–Kier alpha value is -4.71. The van der Waals surface area contributed by atoms with E-state index in [4.69, 9.17) is 9.97 Å². The lowest BCUT2D eigenvalue weighted by Gasteiger charge is -2.20. The highest BCUT2D eigenvalue weighted by molar-refractivity contribution is 5.83. The molecule has 0 aliphatic carbocycles. The van der Waals surface area contributed by atoms with E-state index >= 15 is 0 Å². The van der Waals surface area contributed by atoms with Crippen LogP contribution in [0.5, 0.6) is 0 Å². The summed E-state index contributed by atoms with van der Waals surface area (Å²) in [4.78, 5) is 18.4. The van der Waals surface area contributed by atoms with Crippen molar-refractivity contribution in [1.29, 1.82) is 0 Å². The third-order valence-corrected chi connectivity index (χ3v) is 6.32. The van der Waals surface area contributed by atoms with Crippen LogP contribution in [0.25, 0.3) is 28.2 Å². The first-order valence-corrected chi connectivity index (χ1v) is 11.8. The number of nitrogens with zero attached hydrogens (tertiary/aromatic N) is 5. The maximum atomic E-state index is 14.2. The Labute approximate surface area is 208 Å². The molecule has 2 aromatic carbocycles. The third-order valence-electron chi connectivity index (χ3n) is 6.32. The smallest absolute Gasteiger partial charge is 0.147 e. The molecule has 0 aliphatic heterocycles. The van der Waals surface area contributed by atoms with Gasteiger partial charge in [0.15, 0.2) is 0 Å². The van der Waals surface area contributed by atoms with Crippen LogP contribution < -0.4 is 0 Å². The fourth-order valence-corrected chi connectivity index (χ4v) is 4.66. The lowest BCUT2D eigenvalue weighted by Crippen LogP contribution is -2.10. The molecule has 0 spiro atoms. The van der Waals surface area contributed by atoms with Gasteiger partial charge in [0.1, 0.15) is 17.5 Å². The number of aromatic nitrogens is 5. The molecule has 0 saturated heterocycles. The van der Waals surface area contributed by atoms with E-state index in [1.54, 1.807) is 24.7 Å². The van der Waals surface area contributed by atoms with Gasteiger partial charge in [-0.1, -0.05) is 42.5 Å². The van der Waals surface area contributed by atoms with Crippen molar-refractivity contribution < 1.29 is 4.39 Å². The van der Waals surface area contributed by atoms with E-state index in [1.165, 1.54) is 12.1 Å². The van der Waals surface area contributed by atoms with Crippen LogP contribution in [0, 0.1) is 5.82 Å². The number of hydrogen-bond acceptors (Lipinski definition) is 4. The first-order valence-electron chi connectivity index (χ1n) is 11.8. The molecule has 5 nitrogen and oxygen atoms in total. The number of benzene rings is 2. The van der Waals surface area contributed by atoms with Gasteiger partial charge in [-0.3, -0.25) is 14.5 Å². The van der Waals surface area contributed by atoms with E-state index in [1.807, 2.05) is 65.5 Å². The minimum atomic E-state index is -0.305. The highest BCUT2D eigenvalue weighted by atomic mass is 19.1. The highest BCUT2D eigenvalue weighted by Gasteiger charge is 2.22. The summed E-state index contributed by atoms with van der Waals surface area (Å²) in [5, 5.41) is 0. The van der Waals surface area contributed by atoms with Crippen molar-refractivity contribution in [3.05, 3.63) is 138 Å². The van der Waals surface area contributed by atoms with Crippen molar-refractivity contribution in [2.45, 2.75) is 12.3 Å². The number of hydrogen-bond donors (Lipinski definition) is 0. The maximum absolute atomic E-state index is 14.2. The Kier molecular flexibility index (Phi) is 5.75. The number of imidazole rings is 1. The average molecular weight is 472 g/mol. The Balaban J connectivity index is 1.53. The zero-order valence-corrected chi connectivity index (χ0v) is 19.4. The molecule has 174 valence electrons. The van der Waals surface area contributed by atoms with Crippen LogP contribution in [0.2, 0.25) is 0 Å². The SMILES string of the molecule is Fc1cccc(-c2nc3ccccc3n2-c2ncccc2CC(c2cccnc2)c2cccnc2)c1. The molecule has 6 heteroatoms. The minimum Gasteiger partial charge on any atom is -0.276 e. The van der Waals surface area contributed by atoms with Crippen molar-refractivity contribution in [3.8, 4) is 17.2 Å². The summed E-state index contributed by atoms with van der Waals surface area (Å²) >= 11 is 0. The molecule has 0 atom stereocenters. The Bertz CT molecular complexity index is 1590. The van der Waals surface area contributed by atoms with Gasteiger partial charge in [0, 0.05) is 42.5 Å². The van der Waals surface area contributed by atoms with Gasteiger partial charge in [0.05, 0.1) is 11.0 Å². The predicted molar refractivity (Wildman–Crippen MR) is 138 cm³/mol. The molecule has 0 aliphatic rings. The van der Waals surface area contributed by atoms with Crippen LogP contribution in [-0.4, -0.2) is 24.5 Å². The summed E-state index contributed by atoms with van der Waals surface area (Å²) < 4.78 is 16.2. The van der Waals surface area contributed by atoms with E-state index in [0.717, 1.165) is 33.5 Å². The van der Waals surface area contributed by atoms with Crippen molar-refractivity contribution in [2.75, 3.05) is 0 Å². The standard InChI is InChI=1S/C30H22FN5/c31-25-11-3-7-21(17-25)30-35-27-12-1-2-13-28(27)36(30)29-22(8-6-16-34-29)18-26(23-9-4-14-32-19-23)24-10-5-15-33-20-24/h1-17,19-20,26H,18H2. The van der Waals surface area contributed by atoms with Gasteiger partial charge in [-0.25, -0.2) is 14.4 Å². The second-order valence-electron chi connectivity index (χ2n) is 8.59. The summed E-state index contributed by atoms with van der Waals surface area (Å²) in [6.45, 7) is 0. The average Bonchev–Trinajstić information content (AvgIpc) is 3.32. The van der Waals surface area contributed by atoms with Gasteiger partial charge in [-0.2, -0.15) is 0 Å². The largest absolute Gasteiger partial charge is 0.276 e. The fourth-order valence-electron chi connectivity index (χ4n) is 4.66. The van der Waals surface area contributed by atoms with Crippen LogP contribution in [0.3, 0.4) is 0 Å². The van der Waals surface area contributed by atoms with E-state index in [2.05, 4.69) is 28.2 Å². The summed E-state index contributed by atoms with van der Waals surface area (Å²) in [6.07, 6.45) is 9.82. The van der Waals surface area contributed by atoms with Crippen molar-refractivity contribution in [3.63, 3.8) is 0 Å². The lowest BCUT2D eigenvalue weighted by atomic mass is 9.87. The summed E-state index contributed by atoms with van der Waals surface area (Å²) in [5.74, 6) is 1.14. The normalized spacial score (nSPS) is 11.3. The Morgan fingerprint density at radius 1 is 0.750 bits per heavy atom. The van der Waals surface area contributed by atoms with Crippen molar-refractivity contribution in [1.82, 2.24) is 24.5 Å². The number of rotatable bonds is 6. The van der Waals surface area contributed by atoms with Gasteiger partial charge in [0.25, 0.3) is 0 Å². The van der Waals surface area contributed by atoms with E-state index in [-0.39, 0.29) is 11.7 Å². The topological polar surface area (TPSA) is 56.5 Å². The summed E-state index contributed by atoms with van der Waals surface area (Å²) in [6, 6.07) is 26.6. The Morgan fingerprint density at radius 2 is 1.50 bits per heavy atom. The number of para-hydroxylation sites is 2. The Morgan fingerprint density at radius 3 is 2.22 bits per heavy atom. The minimum absolute atomic E-state index is 0.0303. The molecule has 0 unspecified atom stereocenters. The van der Waals surface area contributed by atoms with E-state index in [9.17, 15) is 4.39 Å². The molecular formula is C30H22FN5. The van der Waals surface area contributed by atoms with E-state index in [0.29, 0.717) is 17.8 Å². The molecule has 0 saturated carbocycles. The van der Waals surface area contributed by atoms with Crippen molar-refractivity contribution in [2.24, 2.45) is 0 Å². The quantitative estimate of drug-likeness (QED) is 0.282. The van der Waals surface area contributed by atoms with Gasteiger partial charge in [-0.05, 0) is 65.6 Å². The van der Waals surface area contributed by atoms with Crippen LogP contribution >= 0.6 is 0 Å². The van der Waals surface area contributed by atoms with Crippen LogP contribution in [-0.2, 0) is 6.42 Å². The molecular weight excluding hydrogens is 449 g/mol. The molecule has 4 heterocycles. The van der Waals surface area contributed by atoms with E-state index < -0.39 is 0 Å². The van der Waals surface area contributed by atoms with Gasteiger partial charge in [0.2, 0.25) is 0 Å². The highest BCUT2D eigenvalue weighted by Crippen LogP contribution is 2.33. The van der Waals surface area contributed by atoms with Crippen LogP contribution in [0.15, 0.2) is 116 Å². The van der Waals surface area contributed by atoms with Gasteiger partial charge in [-0.15, -0.1) is 0 Å². The number of halogens is 1. The second-order valence-corrected chi connectivity index (χ2v) is 8.59. The predicted octanol–water partition coefficient (Wildman–Crippen LogP) is 6.39. The zero-order valence-electron chi connectivity index (χ0n) is 19.4. The first-order chi connectivity index (χ1) is 17.8. The molecule has 6 rings (SSSR count). The van der Waals surface area contributed by atoms with Crippen molar-refractivity contribution >= 4 is 11.0 Å². The summed E-state index contributed by atoms with van der Waals surface area (Å²) in [5.41, 5.74) is 5.66. The lowest BCUT2D eigenvalue weighted by molar-refractivity contribution is 0.628. The zero-order chi connectivity index (χ0) is 24.3. The molecule has 0 amide bonds. The third kappa shape index (κ3) is 4.14. The summed E-state index contributed by atoms with van der Waals surface area (Å²) in [7, 11) is 0. The molecule has 4 aromatic heterocycles. The maximum Gasteiger partial charge on any atom is 0.147 e. The van der Waals surface area contributed by atoms with Crippen LogP contribution in [0.4, 0.5) is 4.39 Å². The molecule has 0 bridgehead atoms. The van der Waals surface area contributed by atoms with Crippen LogP contribution in [0.1, 0.15) is 22.6 Å². The molecule has 0 radical (unpaired) electrons.